The summed E-state index contributed by atoms with van der Waals surface area (Å²) in [7, 11) is 1.87. The van der Waals surface area contributed by atoms with Crippen LogP contribution in [0.1, 0.15) is 12.0 Å². The maximum atomic E-state index is 14.4. The first kappa shape index (κ1) is 22.9. The molecule has 0 saturated heterocycles. The average molecular weight is 444 g/mol. The van der Waals surface area contributed by atoms with Crippen molar-refractivity contribution in [1.82, 2.24) is 14.6 Å². The van der Waals surface area contributed by atoms with Gasteiger partial charge >= 0.3 is 0 Å². The van der Waals surface area contributed by atoms with Crippen LogP contribution in [0.15, 0.2) is 65.7 Å². The molecule has 0 radical (unpaired) electrons. The Morgan fingerprint density at radius 2 is 2.03 bits per heavy atom. The van der Waals surface area contributed by atoms with Crippen molar-refractivity contribution in [1.29, 1.82) is 0 Å². The lowest BCUT2D eigenvalue weighted by Crippen LogP contribution is -2.30. The van der Waals surface area contributed by atoms with Crippen LogP contribution in [-0.2, 0) is 11.3 Å². The Kier molecular flexibility index (Phi) is 8.52. The monoisotopic (exact) mass is 443 g/mol. The number of nitrogens with one attached hydrogen (secondary N) is 2. The number of carbonyl (C=O) groups excluding carboxylic acids is 1. The van der Waals surface area contributed by atoms with Crippen molar-refractivity contribution in [2.24, 2.45) is 0 Å². The first-order valence-electron chi connectivity index (χ1n) is 10.00. The first-order valence-corrected chi connectivity index (χ1v) is 10.8. The van der Waals surface area contributed by atoms with Gasteiger partial charge in [0.15, 0.2) is 6.61 Å². The minimum Gasteiger partial charge on any atom is -0.484 e. The van der Waals surface area contributed by atoms with E-state index in [2.05, 4.69) is 10.6 Å². The molecule has 1 aromatic heterocycles. The molecule has 0 aliphatic rings. The molecule has 1 amide bonds. The number of nitrogens with zero attached hydrogens (tertiary/aromatic N) is 1. The second-order valence-electron chi connectivity index (χ2n) is 6.85. The van der Waals surface area contributed by atoms with Crippen LogP contribution in [0.5, 0.6) is 5.75 Å². The molecular formula is C23H26FN3O3S. The van der Waals surface area contributed by atoms with Gasteiger partial charge in [-0.25, -0.2) is 4.39 Å². The van der Waals surface area contributed by atoms with Crippen molar-refractivity contribution >= 4 is 17.9 Å². The maximum absolute atomic E-state index is 14.4. The van der Waals surface area contributed by atoms with Crippen molar-refractivity contribution < 1.29 is 19.0 Å². The summed E-state index contributed by atoms with van der Waals surface area (Å²) in [5.41, 5.74) is 2.34. The largest absolute Gasteiger partial charge is 0.484 e. The minimum atomic E-state index is -0.275. The molecular weight excluding hydrogens is 417 g/mol. The molecule has 164 valence electrons. The van der Waals surface area contributed by atoms with Crippen LogP contribution < -0.4 is 15.4 Å². The molecule has 0 bridgehead atoms. The molecule has 3 aromatic rings. The molecule has 0 atom stereocenters. The molecule has 1 heterocycles. The molecule has 0 aliphatic carbocycles. The van der Waals surface area contributed by atoms with E-state index in [4.69, 9.17) is 9.84 Å². The Morgan fingerprint density at radius 3 is 2.81 bits per heavy atom. The summed E-state index contributed by atoms with van der Waals surface area (Å²) >= 11 is 1.44. The number of halogens is 1. The minimum absolute atomic E-state index is 0.0324. The van der Waals surface area contributed by atoms with Crippen molar-refractivity contribution in [3.05, 3.63) is 72.2 Å². The SMILES string of the molecule is CNCc1cc(-c2ccccc2F)n(Sc2cccc(OCC(=O)NCCCO)c2)c1. The third-order valence-corrected chi connectivity index (χ3v) is 5.37. The maximum Gasteiger partial charge on any atom is 0.257 e. The van der Waals surface area contributed by atoms with E-state index in [9.17, 15) is 9.18 Å². The molecule has 2 aromatic carbocycles. The summed E-state index contributed by atoms with van der Waals surface area (Å²) in [4.78, 5) is 12.7. The molecule has 3 rings (SSSR count). The van der Waals surface area contributed by atoms with Crippen LogP contribution in [0.4, 0.5) is 4.39 Å². The number of aliphatic hydroxyl groups excluding tert-OH is 1. The highest BCUT2D eigenvalue weighted by atomic mass is 32.2. The fourth-order valence-corrected chi connectivity index (χ4v) is 3.95. The topological polar surface area (TPSA) is 75.5 Å². The molecule has 0 fully saturated rings. The van der Waals surface area contributed by atoms with E-state index in [-0.39, 0.29) is 24.9 Å². The van der Waals surface area contributed by atoms with Gasteiger partial charge in [-0.2, -0.15) is 0 Å². The summed E-state index contributed by atoms with van der Waals surface area (Å²) in [6.45, 7) is 1.01. The van der Waals surface area contributed by atoms with Gasteiger partial charge in [-0.15, -0.1) is 0 Å². The van der Waals surface area contributed by atoms with Crippen LogP contribution in [0.25, 0.3) is 11.3 Å². The normalized spacial score (nSPS) is 10.8. The van der Waals surface area contributed by atoms with E-state index < -0.39 is 0 Å². The predicted octanol–water partition coefficient (Wildman–Crippen LogP) is 3.45. The molecule has 3 N–H and O–H groups in total. The Morgan fingerprint density at radius 1 is 1.19 bits per heavy atom. The number of hydrogen-bond acceptors (Lipinski definition) is 5. The third-order valence-electron chi connectivity index (χ3n) is 4.41. The van der Waals surface area contributed by atoms with Gasteiger partial charge in [0.25, 0.3) is 5.91 Å². The fourth-order valence-electron chi connectivity index (χ4n) is 2.98. The van der Waals surface area contributed by atoms with Gasteiger partial charge < -0.3 is 20.5 Å². The Bertz CT molecular complexity index is 1010. The Labute approximate surface area is 185 Å². The number of amides is 1. The van der Waals surface area contributed by atoms with Crippen molar-refractivity contribution in [3.63, 3.8) is 0 Å². The lowest BCUT2D eigenvalue weighted by Gasteiger charge is -2.11. The number of carbonyl (C=O) groups is 1. The van der Waals surface area contributed by atoms with Crippen molar-refractivity contribution in [3.8, 4) is 17.0 Å². The quantitative estimate of drug-likeness (QED) is 0.396. The molecule has 31 heavy (non-hydrogen) atoms. The van der Waals surface area contributed by atoms with Crippen molar-refractivity contribution in [2.45, 2.75) is 17.9 Å². The zero-order valence-corrected chi connectivity index (χ0v) is 18.1. The summed E-state index contributed by atoms with van der Waals surface area (Å²) in [5.74, 6) is 0.0515. The van der Waals surface area contributed by atoms with Crippen molar-refractivity contribution in [2.75, 3.05) is 26.8 Å². The van der Waals surface area contributed by atoms with E-state index in [1.54, 1.807) is 18.2 Å². The smallest absolute Gasteiger partial charge is 0.257 e. The summed E-state index contributed by atoms with van der Waals surface area (Å²) in [6, 6.07) is 16.1. The lowest BCUT2D eigenvalue weighted by molar-refractivity contribution is -0.123. The number of aromatic nitrogens is 1. The number of rotatable bonds is 11. The van der Waals surface area contributed by atoms with E-state index in [0.717, 1.165) is 16.2 Å². The van der Waals surface area contributed by atoms with E-state index in [0.29, 0.717) is 30.8 Å². The van der Waals surface area contributed by atoms with Crippen LogP contribution in [0.2, 0.25) is 0 Å². The third kappa shape index (κ3) is 6.58. The molecule has 0 spiro atoms. The standard InChI is InChI=1S/C23H26FN3O3S/c1-25-14-17-12-22(20-8-2-3-9-21(20)24)27(15-17)31-19-7-4-6-18(13-19)30-16-23(29)26-10-5-11-28/h2-4,6-9,12-13,15,25,28H,5,10-11,14,16H2,1H3,(H,26,29). The Hall–Kier alpha value is -2.81. The van der Waals surface area contributed by atoms with E-state index in [1.165, 1.54) is 18.0 Å². The van der Waals surface area contributed by atoms with Gasteiger partial charge in [0, 0.05) is 36.4 Å². The van der Waals surface area contributed by atoms with Crippen LogP contribution in [0, 0.1) is 5.82 Å². The van der Waals surface area contributed by atoms with Gasteiger partial charge in [0.2, 0.25) is 0 Å². The van der Waals surface area contributed by atoms with E-state index in [1.807, 2.05) is 47.5 Å². The molecule has 6 nitrogen and oxygen atoms in total. The fraction of sp³-hybridized carbons (Fsp3) is 0.261. The number of benzene rings is 2. The lowest BCUT2D eigenvalue weighted by atomic mass is 10.1. The van der Waals surface area contributed by atoms with Gasteiger partial charge in [0.1, 0.15) is 11.6 Å². The van der Waals surface area contributed by atoms with Crippen LogP contribution >= 0.6 is 11.9 Å². The summed E-state index contributed by atoms with van der Waals surface area (Å²) in [5, 5.41) is 14.6. The van der Waals surface area contributed by atoms with Gasteiger partial charge in [-0.3, -0.25) is 8.77 Å². The molecule has 0 aliphatic heterocycles. The second-order valence-corrected chi connectivity index (χ2v) is 7.90. The number of aliphatic hydroxyl groups is 1. The van der Waals surface area contributed by atoms with Gasteiger partial charge in [0.05, 0.1) is 5.69 Å². The average Bonchev–Trinajstić information content (AvgIpc) is 3.15. The summed E-state index contributed by atoms with van der Waals surface area (Å²) < 4.78 is 22.0. The second kappa shape index (κ2) is 11.5. The van der Waals surface area contributed by atoms with E-state index >= 15 is 0 Å². The predicted molar refractivity (Wildman–Crippen MR) is 120 cm³/mol. The number of ether oxygens (including phenoxy) is 1. The van der Waals surface area contributed by atoms with Gasteiger partial charge in [-0.05, 0) is 67.4 Å². The highest BCUT2D eigenvalue weighted by Gasteiger charge is 2.13. The highest BCUT2D eigenvalue weighted by Crippen LogP contribution is 2.33. The van der Waals surface area contributed by atoms with Gasteiger partial charge in [-0.1, -0.05) is 18.2 Å². The number of hydrogen-bond donors (Lipinski definition) is 3. The zero-order valence-electron chi connectivity index (χ0n) is 17.3. The van der Waals surface area contributed by atoms with Crippen LogP contribution in [0.3, 0.4) is 0 Å². The van der Waals surface area contributed by atoms with Crippen LogP contribution in [-0.4, -0.2) is 41.8 Å². The summed E-state index contributed by atoms with van der Waals surface area (Å²) in [6.07, 6.45) is 2.49. The molecule has 0 unspecified atom stereocenters. The molecule has 0 saturated carbocycles. The molecule has 8 heteroatoms. The zero-order chi connectivity index (χ0) is 22.1. The highest BCUT2D eigenvalue weighted by molar-refractivity contribution is 7.98. The Balaban J connectivity index is 1.74. The first-order chi connectivity index (χ1) is 15.1.